The van der Waals surface area contributed by atoms with Gasteiger partial charge < -0.3 is 5.73 Å². The molecule has 44 valence electrons. The van der Waals surface area contributed by atoms with Crippen molar-refractivity contribution in [3.63, 3.8) is 0 Å². The number of hydrogen-bond acceptors (Lipinski definition) is 2. The Kier molecular flexibility index (Phi) is 2.88. The summed E-state index contributed by atoms with van der Waals surface area (Å²) in [5, 5.41) is 6.35. The zero-order valence-corrected chi connectivity index (χ0v) is 4.77. The molecule has 0 saturated carbocycles. The predicted octanol–water partition coefficient (Wildman–Crippen LogP) is 0.244. The first-order valence-electron chi connectivity index (χ1n) is 1.84. The van der Waals surface area contributed by atoms with Crippen LogP contribution in [0.15, 0.2) is 12.2 Å². The van der Waals surface area contributed by atoms with E-state index in [1.165, 1.54) is 0 Å². The van der Waals surface area contributed by atoms with Gasteiger partial charge >= 0.3 is 0 Å². The number of allylic oxidation sites excluding steroid dienone is 1. The highest BCUT2D eigenvalue weighted by Gasteiger charge is 1.82. The standard InChI is InChI=1S/C4H5ClN2O/c5-3(6)1-2-4(7)8/h1-2,6H,(H2,7,8)/b2-1-,6-3?. The molecule has 3 N–H and O–H groups in total. The molecule has 0 spiro atoms. The molecule has 0 atom stereocenters. The molecule has 0 bridgehead atoms. The smallest absolute Gasteiger partial charge is 0.241 e. The van der Waals surface area contributed by atoms with Gasteiger partial charge in [0.2, 0.25) is 5.91 Å². The van der Waals surface area contributed by atoms with Gasteiger partial charge in [-0.25, -0.2) is 0 Å². The van der Waals surface area contributed by atoms with E-state index in [-0.39, 0.29) is 5.17 Å². The monoisotopic (exact) mass is 132 g/mol. The second kappa shape index (κ2) is 3.21. The first-order valence-corrected chi connectivity index (χ1v) is 2.22. The van der Waals surface area contributed by atoms with Crippen LogP contribution in [-0.2, 0) is 4.79 Å². The predicted molar refractivity (Wildman–Crippen MR) is 31.9 cm³/mol. The SMILES string of the molecule is N=C(Cl)/C=C\C(N)=O. The molecule has 0 aliphatic heterocycles. The summed E-state index contributed by atoms with van der Waals surface area (Å²) in [5.74, 6) is -0.601. The van der Waals surface area contributed by atoms with Crippen LogP contribution in [0.4, 0.5) is 0 Å². The number of carbonyl (C=O) groups is 1. The molecule has 0 unspecified atom stereocenters. The van der Waals surface area contributed by atoms with Crippen molar-refractivity contribution in [1.29, 1.82) is 5.41 Å². The van der Waals surface area contributed by atoms with E-state index in [0.717, 1.165) is 12.2 Å². The number of hydrogen-bond donors (Lipinski definition) is 2. The van der Waals surface area contributed by atoms with Gasteiger partial charge in [0.15, 0.2) is 0 Å². The normalized spacial score (nSPS) is 9.62. The third-order valence-electron chi connectivity index (χ3n) is 0.394. The summed E-state index contributed by atoms with van der Waals surface area (Å²) in [4.78, 5) is 9.88. The zero-order chi connectivity index (χ0) is 6.57. The van der Waals surface area contributed by atoms with E-state index in [9.17, 15) is 4.79 Å². The minimum absolute atomic E-state index is 0.205. The van der Waals surface area contributed by atoms with Gasteiger partial charge in [0, 0.05) is 6.08 Å². The van der Waals surface area contributed by atoms with Gasteiger partial charge in [-0.2, -0.15) is 0 Å². The van der Waals surface area contributed by atoms with E-state index in [2.05, 4.69) is 5.73 Å². The first kappa shape index (κ1) is 7.17. The minimum atomic E-state index is -0.601. The molecule has 0 rings (SSSR count). The van der Waals surface area contributed by atoms with Gasteiger partial charge in [0.25, 0.3) is 0 Å². The maximum Gasteiger partial charge on any atom is 0.241 e. The summed E-state index contributed by atoms with van der Waals surface area (Å²) in [7, 11) is 0. The van der Waals surface area contributed by atoms with E-state index in [0.29, 0.717) is 0 Å². The Morgan fingerprint density at radius 1 is 1.62 bits per heavy atom. The third-order valence-corrected chi connectivity index (χ3v) is 0.520. The van der Waals surface area contributed by atoms with Crippen molar-refractivity contribution in [3.05, 3.63) is 12.2 Å². The van der Waals surface area contributed by atoms with Crippen LogP contribution in [0, 0.1) is 5.41 Å². The van der Waals surface area contributed by atoms with E-state index >= 15 is 0 Å². The molecule has 3 nitrogen and oxygen atoms in total. The van der Waals surface area contributed by atoms with Crippen molar-refractivity contribution in [2.75, 3.05) is 0 Å². The molecule has 0 fully saturated rings. The Morgan fingerprint density at radius 2 is 2.12 bits per heavy atom. The first-order chi connectivity index (χ1) is 3.63. The van der Waals surface area contributed by atoms with Crippen molar-refractivity contribution in [2.45, 2.75) is 0 Å². The average molecular weight is 133 g/mol. The zero-order valence-electron chi connectivity index (χ0n) is 4.02. The van der Waals surface area contributed by atoms with Crippen molar-refractivity contribution in [3.8, 4) is 0 Å². The maximum atomic E-state index is 9.88. The number of rotatable bonds is 2. The number of carbonyl (C=O) groups excluding carboxylic acids is 1. The lowest BCUT2D eigenvalue weighted by atomic mass is 10.5. The number of halogens is 1. The van der Waals surface area contributed by atoms with Crippen molar-refractivity contribution in [2.24, 2.45) is 5.73 Å². The summed E-state index contributed by atoms with van der Waals surface area (Å²) < 4.78 is 0. The van der Waals surface area contributed by atoms with Gasteiger partial charge in [-0.1, -0.05) is 11.6 Å². The summed E-state index contributed by atoms with van der Waals surface area (Å²) >= 11 is 5.01. The third kappa shape index (κ3) is 5.17. The van der Waals surface area contributed by atoms with Crippen molar-refractivity contribution >= 4 is 22.7 Å². The van der Waals surface area contributed by atoms with Gasteiger partial charge in [-0.3, -0.25) is 10.2 Å². The fourth-order valence-electron chi connectivity index (χ4n) is 0.155. The molecule has 0 aliphatic rings. The second-order valence-corrected chi connectivity index (χ2v) is 1.49. The topological polar surface area (TPSA) is 66.9 Å². The Morgan fingerprint density at radius 3 is 2.25 bits per heavy atom. The molecular weight excluding hydrogens is 128 g/mol. The molecule has 0 aromatic heterocycles. The highest BCUT2D eigenvalue weighted by atomic mass is 35.5. The fourth-order valence-corrected chi connectivity index (χ4v) is 0.218. The van der Waals surface area contributed by atoms with Crippen LogP contribution in [0.1, 0.15) is 0 Å². The molecule has 0 aliphatic carbocycles. The van der Waals surface area contributed by atoms with E-state index in [1.807, 2.05) is 0 Å². The van der Waals surface area contributed by atoms with Crippen LogP contribution >= 0.6 is 11.6 Å². The number of primary amides is 1. The molecule has 8 heavy (non-hydrogen) atoms. The van der Waals surface area contributed by atoms with Gasteiger partial charge in [-0.15, -0.1) is 0 Å². The Hall–Kier alpha value is -0.830. The van der Waals surface area contributed by atoms with Crippen molar-refractivity contribution < 1.29 is 4.79 Å². The summed E-state index contributed by atoms with van der Waals surface area (Å²) in [6, 6.07) is 0. The van der Waals surface area contributed by atoms with Gasteiger partial charge in [0.05, 0.1) is 0 Å². The Labute approximate surface area is 51.6 Å². The molecule has 0 heterocycles. The van der Waals surface area contributed by atoms with Crippen LogP contribution in [0.25, 0.3) is 0 Å². The van der Waals surface area contributed by atoms with E-state index < -0.39 is 5.91 Å². The van der Waals surface area contributed by atoms with Gasteiger partial charge in [0.1, 0.15) is 5.17 Å². The number of nitrogens with one attached hydrogen (secondary N) is 1. The fraction of sp³-hybridized carbons (Fsp3) is 0. The highest BCUT2D eigenvalue weighted by Crippen LogP contribution is 1.80. The Balaban J connectivity index is 3.67. The lowest BCUT2D eigenvalue weighted by Gasteiger charge is -1.76. The summed E-state index contributed by atoms with van der Waals surface area (Å²) in [5.41, 5.74) is 4.66. The van der Waals surface area contributed by atoms with Crippen LogP contribution in [0.2, 0.25) is 0 Å². The molecule has 1 amide bonds. The molecule has 0 aromatic rings. The molecular formula is C4H5ClN2O. The summed E-state index contributed by atoms with van der Waals surface area (Å²) in [6.07, 6.45) is 2.14. The van der Waals surface area contributed by atoms with Crippen LogP contribution in [0.5, 0.6) is 0 Å². The number of amides is 1. The van der Waals surface area contributed by atoms with E-state index in [1.54, 1.807) is 0 Å². The van der Waals surface area contributed by atoms with Crippen molar-refractivity contribution in [1.82, 2.24) is 0 Å². The second-order valence-electron chi connectivity index (χ2n) is 1.08. The summed E-state index contributed by atoms with van der Waals surface area (Å²) in [6.45, 7) is 0. The Bertz CT molecular complexity index is 125. The molecule has 0 aromatic carbocycles. The molecule has 0 saturated heterocycles. The highest BCUT2D eigenvalue weighted by molar-refractivity contribution is 6.67. The van der Waals surface area contributed by atoms with Gasteiger partial charge in [-0.05, 0) is 6.08 Å². The van der Waals surface area contributed by atoms with Crippen LogP contribution < -0.4 is 5.73 Å². The lowest BCUT2D eigenvalue weighted by molar-refractivity contribution is -0.113. The number of nitrogens with two attached hydrogens (primary N) is 1. The quantitative estimate of drug-likeness (QED) is 0.410. The molecule has 0 radical (unpaired) electrons. The maximum absolute atomic E-state index is 9.88. The minimum Gasteiger partial charge on any atom is -0.366 e. The largest absolute Gasteiger partial charge is 0.366 e. The average Bonchev–Trinajstić information content (AvgIpc) is 1.61. The molecule has 4 heteroatoms. The van der Waals surface area contributed by atoms with Crippen LogP contribution in [0.3, 0.4) is 0 Å². The van der Waals surface area contributed by atoms with Crippen LogP contribution in [-0.4, -0.2) is 11.1 Å². The van der Waals surface area contributed by atoms with E-state index in [4.69, 9.17) is 17.0 Å². The lowest BCUT2D eigenvalue weighted by Crippen LogP contribution is -2.05.